The summed E-state index contributed by atoms with van der Waals surface area (Å²) in [6.07, 6.45) is 0. The highest BCUT2D eigenvalue weighted by Gasteiger charge is 2.44. The monoisotopic (exact) mass is 694 g/mol. The first kappa shape index (κ1) is 31.9. The largest absolute Gasteiger partial charge is 0.453 e. The lowest BCUT2D eigenvalue weighted by atomic mass is 9.70. The molecule has 0 unspecified atom stereocenters. The molecular formula is C51H38N2O. The predicted octanol–water partition coefficient (Wildman–Crippen LogP) is 14.4. The van der Waals surface area contributed by atoms with Gasteiger partial charge in [0.05, 0.1) is 17.1 Å². The van der Waals surface area contributed by atoms with Crippen LogP contribution < -0.4 is 14.5 Å². The van der Waals surface area contributed by atoms with E-state index in [-0.39, 0.29) is 5.41 Å². The molecule has 0 spiro atoms. The quantitative estimate of drug-likeness (QED) is 0.172. The average molecular weight is 695 g/mol. The van der Waals surface area contributed by atoms with Crippen LogP contribution in [0.4, 0.5) is 34.1 Å². The minimum Gasteiger partial charge on any atom is -0.453 e. The summed E-state index contributed by atoms with van der Waals surface area (Å²) in [6, 6.07) is 69.5. The topological polar surface area (TPSA) is 15.7 Å². The van der Waals surface area contributed by atoms with Crippen LogP contribution in [0.3, 0.4) is 0 Å². The zero-order valence-electron chi connectivity index (χ0n) is 30.3. The molecule has 0 amide bonds. The Balaban J connectivity index is 1.22. The van der Waals surface area contributed by atoms with Crippen LogP contribution in [0.15, 0.2) is 194 Å². The summed E-state index contributed by atoms with van der Waals surface area (Å²) < 4.78 is 6.91. The van der Waals surface area contributed by atoms with Crippen molar-refractivity contribution >= 4 is 34.1 Å². The average Bonchev–Trinajstić information content (AvgIpc) is 3.23. The van der Waals surface area contributed by atoms with Crippen LogP contribution in [-0.4, -0.2) is 0 Å². The van der Waals surface area contributed by atoms with E-state index in [4.69, 9.17) is 4.74 Å². The normalized spacial score (nSPS) is 13.3. The molecule has 258 valence electrons. The minimum atomic E-state index is -0.295. The molecule has 0 fully saturated rings. The summed E-state index contributed by atoms with van der Waals surface area (Å²) >= 11 is 0. The van der Waals surface area contributed by atoms with Gasteiger partial charge in [0.15, 0.2) is 11.5 Å². The van der Waals surface area contributed by atoms with Gasteiger partial charge in [0.1, 0.15) is 5.69 Å². The predicted molar refractivity (Wildman–Crippen MR) is 224 cm³/mol. The highest BCUT2D eigenvalue weighted by atomic mass is 16.5. The van der Waals surface area contributed by atoms with E-state index in [1.807, 2.05) is 0 Å². The zero-order chi connectivity index (χ0) is 36.2. The van der Waals surface area contributed by atoms with Crippen LogP contribution in [-0.2, 0) is 5.41 Å². The fraction of sp³-hybridized carbons (Fsp3) is 0.0588. The number of benzene rings is 8. The van der Waals surface area contributed by atoms with E-state index < -0.39 is 0 Å². The molecule has 0 aromatic heterocycles. The summed E-state index contributed by atoms with van der Waals surface area (Å²) in [4.78, 5) is 4.86. The number of hydrogen-bond acceptors (Lipinski definition) is 3. The molecule has 0 radical (unpaired) electrons. The Bertz CT molecular complexity index is 2650. The molecule has 3 nitrogen and oxygen atoms in total. The summed E-state index contributed by atoms with van der Waals surface area (Å²) in [5.41, 5.74) is 15.8. The second kappa shape index (κ2) is 12.7. The lowest BCUT2D eigenvalue weighted by Gasteiger charge is -2.46. The van der Waals surface area contributed by atoms with E-state index in [1.54, 1.807) is 0 Å². The van der Waals surface area contributed by atoms with Crippen molar-refractivity contribution in [1.29, 1.82) is 0 Å². The van der Waals surface area contributed by atoms with Gasteiger partial charge in [-0.1, -0.05) is 159 Å². The van der Waals surface area contributed by atoms with E-state index in [0.717, 1.165) is 51.2 Å². The second-order valence-corrected chi connectivity index (χ2v) is 14.6. The van der Waals surface area contributed by atoms with Crippen LogP contribution in [0.5, 0.6) is 11.5 Å². The summed E-state index contributed by atoms with van der Waals surface area (Å²) in [5, 5.41) is 0. The number of hydrogen-bond donors (Lipinski definition) is 0. The van der Waals surface area contributed by atoms with Gasteiger partial charge in [0.25, 0.3) is 0 Å². The van der Waals surface area contributed by atoms with Gasteiger partial charge < -0.3 is 14.5 Å². The number of ether oxygens (including phenoxy) is 1. The standard InChI is InChI=1S/C51H38N2O/c1-51(2)43-25-14-28-46-49(43)53(44-26-13-24-42(48(44)51)38-20-10-5-11-21-38)50-45(27-15-29-47(50)54-46)52(40-32-30-37(31-33-40)35-16-6-3-7-17-35)41-23-12-22-39(34-41)36-18-8-4-9-19-36/h3-34H,1-2H3. The first-order chi connectivity index (χ1) is 26.6. The summed E-state index contributed by atoms with van der Waals surface area (Å²) in [6.45, 7) is 4.70. The molecule has 0 bridgehead atoms. The molecule has 3 heteroatoms. The minimum absolute atomic E-state index is 0.295. The number of fused-ring (bicyclic) bond motifs is 4. The maximum absolute atomic E-state index is 6.91. The van der Waals surface area contributed by atoms with Gasteiger partial charge in [0.2, 0.25) is 0 Å². The number of para-hydroxylation sites is 2. The van der Waals surface area contributed by atoms with E-state index in [1.165, 1.54) is 38.9 Å². The molecule has 0 aliphatic carbocycles. The Labute approximate surface area is 317 Å². The molecule has 2 aliphatic heterocycles. The van der Waals surface area contributed by atoms with Crippen molar-refractivity contribution < 1.29 is 4.74 Å². The van der Waals surface area contributed by atoms with Crippen LogP contribution in [0, 0.1) is 0 Å². The van der Waals surface area contributed by atoms with Gasteiger partial charge in [-0.2, -0.15) is 0 Å². The SMILES string of the molecule is CC1(C)c2cccc3c2N(c2cccc(-c4ccccc4)c21)c1c(cccc1N(c1ccc(-c2ccccc2)cc1)c1cccc(-c2ccccc2)c1)O3. The Hall–Kier alpha value is -6.84. The van der Waals surface area contributed by atoms with Gasteiger partial charge in [-0.3, -0.25) is 0 Å². The van der Waals surface area contributed by atoms with Crippen LogP contribution in [0.2, 0.25) is 0 Å². The van der Waals surface area contributed by atoms with E-state index in [9.17, 15) is 0 Å². The second-order valence-electron chi connectivity index (χ2n) is 14.6. The van der Waals surface area contributed by atoms with Gasteiger partial charge in [-0.15, -0.1) is 0 Å². The third kappa shape index (κ3) is 5.12. The third-order valence-corrected chi connectivity index (χ3v) is 11.0. The molecule has 54 heavy (non-hydrogen) atoms. The number of nitrogens with zero attached hydrogens (tertiary/aromatic N) is 2. The molecule has 8 aromatic carbocycles. The Morgan fingerprint density at radius 3 is 1.70 bits per heavy atom. The van der Waals surface area contributed by atoms with Crippen molar-refractivity contribution in [3.63, 3.8) is 0 Å². The van der Waals surface area contributed by atoms with E-state index >= 15 is 0 Å². The van der Waals surface area contributed by atoms with Gasteiger partial charge in [0, 0.05) is 16.8 Å². The van der Waals surface area contributed by atoms with Gasteiger partial charge in [-0.25, -0.2) is 0 Å². The Morgan fingerprint density at radius 1 is 0.444 bits per heavy atom. The van der Waals surface area contributed by atoms with Crippen molar-refractivity contribution in [1.82, 2.24) is 0 Å². The van der Waals surface area contributed by atoms with Crippen molar-refractivity contribution in [2.24, 2.45) is 0 Å². The fourth-order valence-corrected chi connectivity index (χ4v) is 8.50. The molecule has 10 rings (SSSR count). The van der Waals surface area contributed by atoms with E-state index in [0.29, 0.717) is 0 Å². The Kier molecular flexibility index (Phi) is 7.48. The van der Waals surface area contributed by atoms with Crippen LogP contribution in [0.1, 0.15) is 25.0 Å². The molecule has 0 atom stereocenters. The fourth-order valence-electron chi connectivity index (χ4n) is 8.50. The molecule has 0 saturated heterocycles. The maximum atomic E-state index is 6.91. The maximum Gasteiger partial charge on any atom is 0.153 e. The third-order valence-electron chi connectivity index (χ3n) is 11.0. The van der Waals surface area contributed by atoms with Crippen molar-refractivity contribution in [2.75, 3.05) is 9.80 Å². The highest BCUT2D eigenvalue weighted by molar-refractivity contribution is 6.02. The smallest absolute Gasteiger partial charge is 0.153 e. The number of anilines is 6. The molecule has 2 heterocycles. The molecule has 0 saturated carbocycles. The van der Waals surface area contributed by atoms with Gasteiger partial charge >= 0.3 is 0 Å². The molecule has 2 aliphatic rings. The summed E-state index contributed by atoms with van der Waals surface area (Å²) in [7, 11) is 0. The van der Waals surface area contributed by atoms with Crippen molar-refractivity contribution in [3.8, 4) is 44.9 Å². The van der Waals surface area contributed by atoms with E-state index in [2.05, 4.69) is 218 Å². The number of rotatable bonds is 6. The lowest BCUT2D eigenvalue weighted by molar-refractivity contribution is 0.471. The van der Waals surface area contributed by atoms with Crippen LogP contribution >= 0.6 is 0 Å². The Morgan fingerprint density at radius 2 is 1.00 bits per heavy atom. The first-order valence-electron chi connectivity index (χ1n) is 18.6. The van der Waals surface area contributed by atoms with Crippen LogP contribution in [0.25, 0.3) is 33.4 Å². The van der Waals surface area contributed by atoms with Gasteiger partial charge in [-0.05, 0) is 93.0 Å². The lowest BCUT2D eigenvalue weighted by Crippen LogP contribution is -2.33. The first-order valence-corrected chi connectivity index (χ1v) is 18.6. The van der Waals surface area contributed by atoms with Crippen molar-refractivity contribution in [2.45, 2.75) is 19.3 Å². The van der Waals surface area contributed by atoms with Crippen molar-refractivity contribution in [3.05, 3.63) is 205 Å². The zero-order valence-corrected chi connectivity index (χ0v) is 30.3. The highest BCUT2D eigenvalue weighted by Crippen LogP contribution is 2.63. The molecule has 8 aromatic rings. The molecular weight excluding hydrogens is 657 g/mol. The molecule has 0 N–H and O–H groups in total. The summed E-state index contributed by atoms with van der Waals surface area (Å²) in [5.74, 6) is 1.68.